The van der Waals surface area contributed by atoms with Crippen molar-refractivity contribution in [1.29, 1.82) is 0 Å². The molecule has 1 saturated heterocycles. The number of nitrogens with zero attached hydrogens (tertiary/aromatic N) is 2. The summed E-state index contributed by atoms with van der Waals surface area (Å²) in [4.78, 5) is 50.0. The topological polar surface area (TPSA) is 131 Å². The van der Waals surface area contributed by atoms with Crippen molar-refractivity contribution in [3.63, 3.8) is 0 Å². The van der Waals surface area contributed by atoms with Crippen molar-refractivity contribution < 1.29 is 24.0 Å². The lowest BCUT2D eigenvalue weighted by molar-refractivity contribution is -0.384. The Morgan fingerprint density at radius 3 is 2.49 bits per heavy atom. The molecule has 2 aliphatic rings. The van der Waals surface area contributed by atoms with E-state index in [0.29, 0.717) is 22.9 Å². The molecule has 2 amide bonds. The molecule has 4 rings (SSSR count). The van der Waals surface area contributed by atoms with Gasteiger partial charge in [-0.25, -0.2) is 4.79 Å². The zero-order chi connectivity index (χ0) is 24.9. The van der Waals surface area contributed by atoms with Crippen LogP contribution in [0.3, 0.4) is 0 Å². The Morgan fingerprint density at radius 1 is 1.06 bits per heavy atom. The third kappa shape index (κ3) is 6.34. The molecule has 35 heavy (non-hydrogen) atoms. The van der Waals surface area contributed by atoms with Crippen molar-refractivity contribution in [1.82, 2.24) is 5.32 Å². The normalized spacial score (nSPS) is 15.9. The van der Waals surface area contributed by atoms with Gasteiger partial charge in [0.05, 0.1) is 10.5 Å². The second-order valence-corrected chi connectivity index (χ2v) is 9.08. The fourth-order valence-electron chi connectivity index (χ4n) is 3.96. The van der Waals surface area contributed by atoms with Gasteiger partial charge in [0.2, 0.25) is 0 Å². The number of benzene rings is 2. The largest absolute Gasteiger partial charge is 0.452 e. The Labute approximate surface area is 202 Å². The molecule has 10 nitrogen and oxygen atoms in total. The Hall–Kier alpha value is -3.95. The lowest BCUT2D eigenvalue weighted by Crippen LogP contribution is -2.33. The lowest BCUT2D eigenvalue weighted by atomic mass is 9.98. The maximum absolute atomic E-state index is 12.5. The predicted molar refractivity (Wildman–Crippen MR) is 130 cm³/mol. The number of amides is 2. The Morgan fingerprint density at radius 2 is 1.80 bits per heavy atom. The minimum atomic E-state index is -0.834. The van der Waals surface area contributed by atoms with Gasteiger partial charge in [-0.1, -0.05) is 13.0 Å². The van der Waals surface area contributed by atoms with Crippen LogP contribution in [-0.4, -0.2) is 48.4 Å². The number of nitrogens with one attached hydrogen (secondary N) is 2. The molecule has 0 atom stereocenters. The van der Waals surface area contributed by atoms with Crippen molar-refractivity contribution in [2.75, 3.05) is 29.9 Å². The second-order valence-electron chi connectivity index (χ2n) is 9.08. The summed E-state index contributed by atoms with van der Waals surface area (Å²) in [5, 5.41) is 17.1. The lowest BCUT2D eigenvalue weighted by Gasteiger charge is -2.31. The van der Waals surface area contributed by atoms with Crippen molar-refractivity contribution in [2.24, 2.45) is 5.92 Å². The number of esters is 1. The van der Waals surface area contributed by atoms with E-state index < -0.39 is 23.4 Å². The van der Waals surface area contributed by atoms with E-state index in [1.54, 1.807) is 30.3 Å². The van der Waals surface area contributed by atoms with Crippen LogP contribution in [-0.2, 0) is 9.53 Å². The highest BCUT2D eigenvalue weighted by Gasteiger charge is 2.26. The Bertz CT molecular complexity index is 1140. The Kier molecular flexibility index (Phi) is 7.28. The van der Waals surface area contributed by atoms with Crippen molar-refractivity contribution in [3.8, 4) is 0 Å². The molecule has 10 heteroatoms. The van der Waals surface area contributed by atoms with E-state index in [9.17, 15) is 24.5 Å². The molecule has 0 unspecified atom stereocenters. The van der Waals surface area contributed by atoms with E-state index >= 15 is 0 Å². The number of anilines is 2. The summed E-state index contributed by atoms with van der Waals surface area (Å²) in [5.74, 6) is -1.06. The van der Waals surface area contributed by atoms with Gasteiger partial charge in [-0.2, -0.15) is 0 Å². The van der Waals surface area contributed by atoms with Crippen LogP contribution in [0, 0.1) is 16.0 Å². The minimum Gasteiger partial charge on any atom is -0.452 e. The van der Waals surface area contributed by atoms with Gasteiger partial charge in [-0.15, -0.1) is 0 Å². The van der Waals surface area contributed by atoms with Crippen LogP contribution in [0.25, 0.3) is 0 Å². The number of nitro groups is 1. The van der Waals surface area contributed by atoms with Crippen LogP contribution in [0.4, 0.5) is 17.1 Å². The van der Waals surface area contributed by atoms with Gasteiger partial charge < -0.3 is 20.3 Å². The summed E-state index contributed by atoms with van der Waals surface area (Å²) in [6.45, 7) is 3.02. The predicted octanol–water partition coefficient (Wildman–Crippen LogP) is 3.52. The van der Waals surface area contributed by atoms with Crippen molar-refractivity contribution in [2.45, 2.75) is 38.6 Å². The van der Waals surface area contributed by atoms with Gasteiger partial charge >= 0.3 is 5.97 Å². The molecule has 184 valence electrons. The van der Waals surface area contributed by atoms with Crippen LogP contribution < -0.4 is 15.5 Å². The minimum absolute atomic E-state index is 0.00243. The molecule has 1 saturated carbocycles. The highest BCUT2D eigenvalue weighted by Crippen LogP contribution is 2.32. The van der Waals surface area contributed by atoms with Crippen LogP contribution in [0.2, 0.25) is 0 Å². The smallest absolute Gasteiger partial charge is 0.338 e. The van der Waals surface area contributed by atoms with Gasteiger partial charge in [0.1, 0.15) is 5.69 Å². The number of carbonyl (C=O) groups excluding carboxylic acids is 3. The molecule has 0 bridgehead atoms. The summed E-state index contributed by atoms with van der Waals surface area (Å²) in [5.41, 5.74) is 1.12. The molecule has 0 aromatic heterocycles. The average molecular weight is 481 g/mol. The maximum atomic E-state index is 12.5. The molecule has 2 aromatic carbocycles. The summed E-state index contributed by atoms with van der Waals surface area (Å²) >= 11 is 0. The molecule has 2 fully saturated rings. The van der Waals surface area contributed by atoms with E-state index in [1.165, 1.54) is 12.1 Å². The van der Waals surface area contributed by atoms with E-state index in [-0.39, 0.29) is 23.2 Å². The summed E-state index contributed by atoms with van der Waals surface area (Å²) in [6.07, 6.45) is 3.84. The van der Waals surface area contributed by atoms with Gasteiger partial charge in [0.15, 0.2) is 6.61 Å². The monoisotopic (exact) mass is 480 g/mol. The van der Waals surface area contributed by atoms with Gasteiger partial charge in [-0.05, 0) is 61.9 Å². The number of carbonyl (C=O) groups is 3. The first-order valence-electron chi connectivity index (χ1n) is 11.7. The summed E-state index contributed by atoms with van der Waals surface area (Å²) in [6, 6.07) is 10.9. The molecule has 1 aliphatic heterocycles. The van der Waals surface area contributed by atoms with E-state index in [0.717, 1.165) is 38.8 Å². The first kappa shape index (κ1) is 24.2. The highest BCUT2D eigenvalue weighted by molar-refractivity contribution is 5.99. The number of piperidine rings is 1. The molecule has 2 aromatic rings. The zero-order valence-electron chi connectivity index (χ0n) is 19.5. The fourth-order valence-corrected chi connectivity index (χ4v) is 3.96. The van der Waals surface area contributed by atoms with Crippen molar-refractivity contribution >= 4 is 34.8 Å². The Balaban J connectivity index is 1.34. The van der Waals surface area contributed by atoms with Gasteiger partial charge in [0, 0.05) is 36.4 Å². The summed E-state index contributed by atoms with van der Waals surface area (Å²) < 4.78 is 5.07. The van der Waals surface area contributed by atoms with Crippen LogP contribution >= 0.6 is 0 Å². The molecule has 0 radical (unpaired) electrons. The van der Waals surface area contributed by atoms with Gasteiger partial charge in [0.25, 0.3) is 17.5 Å². The fraction of sp³-hybridized carbons (Fsp3) is 0.400. The molecular formula is C25H28N4O6. The quantitative estimate of drug-likeness (QED) is 0.336. The summed E-state index contributed by atoms with van der Waals surface area (Å²) in [7, 11) is 0. The number of ether oxygens (including phenoxy) is 1. The zero-order valence-corrected chi connectivity index (χ0v) is 19.5. The second kappa shape index (κ2) is 10.5. The SMILES string of the molecule is CC1CCN(c2ccc(C(=O)OCC(=O)Nc3cccc(C(=O)NC4CC4)c3)cc2[N+](=O)[O-])CC1. The molecule has 0 spiro atoms. The first-order chi connectivity index (χ1) is 16.8. The molecular weight excluding hydrogens is 452 g/mol. The van der Waals surface area contributed by atoms with E-state index in [4.69, 9.17) is 4.74 Å². The number of hydrogen-bond donors (Lipinski definition) is 2. The standard InChI is InChI=1S/C25H28N4O6/c1-16-9-11-28(12-10-16)21-8-5-18(14-22(21)29(33)34)25(32)35-15-23(30)26-20-4-2-3-17(13-20)24(31)27-19-6-7-19/h2-5,8,13-14,16,19H,6-7,9-12,15H2,1H3,(H,26,30)(H,27,31). The number of hydrogen-bond acceptors (Lipinski definition) is 7. The molecule has 2 N–H and O–H groups in total. The van der Waals surface area contributed by atoms with Crippen molar-refractivity contribution in [3.05, 3.63) is 63.7 Å². The third-order valence-corrected chi connectivity index (χ3v) is 6.19. The third-order valence-electron chi connectivity index (χ3n) is 6.19. The van der Waals surface area contributed by atoms with E-state index in [1.807, 2.05) is 4.90 Å². The molecule has 1 heterocycles. The van der Waals surface area contributed by atoms with Crippen LogP contribution in [0.15, 0.2) is 42.5 Å². The van der Waals surface area contributed by atoms with Gasteiger partial charge in [-0.3, -0.25) is 19.7 Å². The number of nitro benzene ring substituents is 1. The molecule has 1 aliphatic carbocycles. The van der Waals surface area contributed by atoms with Crippen LogP contribution in [0.1, 0.15) is 53.3 Å². The first-order valence-corrected chi connectivity index (χ1v) is 11.7. The average Bonchev–Trinajstić information content (AvgIpc) is 3.67. The highest BCUT2D eigenvalue weighted by atomic mass is 16.6. The number of rotatable bonds is 8. The van der Waals surface area contributed by atoms with Crippen LogP contribution in [0.5, 0.6) is 0 Å². The van der Waals surface area contributed by atoms with E-state index in [2.05, 4.69) is 17.6 Å². The maximum Gasteiger partial charge on any atom is 0.338 e.